The normalized spacial score (nSPS) is 14.5. The summed E-state index contributed by atoms with van der Waals surface area (Å²) in [6.45, 7) is 9.38. The Morgan fingerprint density at radius 3 is 2.08 bits per heavy atom. The maximum Gasteiger partial charge on any atom is 0.00135 e. The van der Waals surface area contributed by atoms with E-state index in [9.17, 15) is 0 Å². The van der Waals surface area contributed by atoms with Crippen LogP contribution in [0.4, 0.5) is 0 Å². The lowest BCUT2D eigenvalue weighted by Gasteiger charge is -2.15. The summed E-state index contributed by atoms with van der Waals surface area (Å²) in [5, 5.41) is 3.17. The smallest absolute Gasteiger partial charge is 0.00135 e. The van der Waals surface area contributed by atoms with Crippen LogP contribution < -0.4 is 11.1 Å². The number of nitrogens with one attached hydrogen (secondary N) is 1. The molecule has 1 unspecified atom stereocenters. The van der Waals surface area contributed by atoms with Gasteiger partial charge in [0.15, 0.2) is 0 Å². The molecule has 0 fully saturated rings. The van der Waals surface area contributed by atoms with Crippen molar-refractivity contribution in [3.8, 4) is 0 Å². The highest BCUT2D eigenvalue weighted by molar-refractivity contribution is 4.64. The molecule has 0 spiro atoms. The summed E-state index contributed by atoms with van der Waals surface area (Å²) in [5.41, 5.74) is 5.67. The Morgan fingerprint density at radius 2 is 1.83 bits per heavy atom. The Morgan fingerprint density at radius 1 is 1.33 bits per heavy atom. The Balaban J connectivity index is 0. The maximum absolute atomic E-state index is 5.67. The predicted octanol–water partition coefficient (Wildman–Crippen LogP) is 2.00. The van der Waals surface area contributed by atoms with Gasteiger partial charge in [0, 0.05) is 6.04 Å². The van der Waals surface area contributed by atoms with E-state index in [0.717, 1.165) is 18.9 Å². The maximum atomic E-state index is 5.67. The van der Waals surface area contributed by atoms with Crippen molar-refractivity contribution in [3.05, 3.63) is 0 Å². The van der Waals surface area contributed by atoms with Gasteiger partial charge in [-0.2, -0.15) is 0 Å². The molecule has 2 atom stereocenters. The Labute approximate surface area is 77.9 Å². The van der Waals surface area contributed by atoms with E-state index in [4.69, 9.17) is 5.73 Å². The molecule has 0 aromatic rings. The van der Waals surface area contributed by atoms with Gasteiger partial charge in [0.1, 0.15) is 0 Å². The lowest BCUT2D eigenvalue weighted by Crippen LogP contribution is -2.25. The molecule has 2 heteroatoms. The third-order valence-electron chi connectivity index (χ3n) is 1.78. The molecular weight excluding hydrogens is 148 g/mol. The molecular formula is C10H26N2. The number of hydrogen-bond acceptors (Lipinski definition) is 2. The summed E-state index contributed by atoms with van der Waals surface area (Å²) in [5.74, 6) is 0.755. The molecule has 0 heterocycles. The topological polar surface area (TPSA) is 38.0 Å². The van der Waals surface area contributed by atoms with Crippen molar-refractivity contribution in [1.29, 1.82) is 0 Å². The third-order valence-corrected chi connectivity index (χ3v) is 1.78. The van der Waals surface area contributed by atoms with Crippen LogP contribution in [-0.2, 0) is 0 Å². The van der Waals surface area contributed by atoms with Gasteiger partial charge in [0.25, 0.3) is 0 Å². The zero-order chi connectivity index (χ0) is 9.98. The molecule has 0 aliphatic rings. The van der Waals surface area contributed by atoms with E-state index >= 15 is 0 Å². The summed E-state index contributed by atoms with van der Waals surface area (Å²) < 4.78 is 0. The lowest BCUT2D eigenvalue weighted by atomic mass is 9.99. The molecule has 0 aliphatic carbocycles. The van der Waals surface area contributed by atoms with Crippen molar-refractivity contribution < 1.29 is 0 Å². The van der Waals surface area contributed by atoms with Crippen LogP contribution in [0, 0.1) is 5.92 Å². The molecule has 0 amide bonds. The summed E-state index contributed by atoms with van der Waals surface area (Å²) in [6.07, 6.45) is 2.36. The molecule has 0 saturated carbocycles. The van der Waals surface area contributed by atoms with Crippen LogP contribution in [0.25, 0.3) is 0 Å². The molecule has 0 aliphatic heterocycles. The molecule has 0 rings (SSSR count). The summed E-state index contributed by atoms with van der Waals surface area (Å²) in [4.78, 5) is 0. The highest BCUT2D eigenvalue weighted by atomic mass is 14.8. The van der Waals surface area contributed by atoms with Crippen LogP contribution in [0.3, 0.4) is 0 Å². The molecule has 0 aromatic heterocycles. The van der Waals surface area contributed by atoms with Gasteiger partial charge in [-0.3, -0.25) is 0 Å². The van der Waals surface area contributed by atoms with Gasteiger partial charge in [-0.05, 0) is 32.9 Å². The fourth-order valence-electron chi connectivity index (χ4n) is 1.21. The standard InChI is InChI=1S/C8H20N2.C2H6/c1-4-8(6-10-3)5-7(2)9;1-2/h7-8,10H,4-6,9H2,1-3H3;1-2H3/t7?,8-;/m1./s1. The van der Waals surface area contributed by atoms with Crippen LogP contribution in [0.5, 0.6) is 0 Å². The van der Waals surface area contributed by atoms with Gasteiger partial charge in [0.2, 0.25) is 0 Å². The number of hydrogen-bond donors (Lipinski definition) is 2. The second-order valence-electron chi connectivity index (χ2n) is 3.04. The van der Waals surface area contributed by atoms with Crippen molar-refractivity contribution in [2.24, 2.45) is 11.7 Å². The van der Waals surface area contributed by atoms with Crippen LogP contribution in [0.2, 0.25) is 0 Å². The highest BCUT2D eigenvalue weighted by Crippen LogP contribution is 2.07. The van der Waals surface area contributed by atoms with E-state index < -0.39 is 0 Å². The average molecular weight is 174 g/mol. The zero-order valence-corrected chi connectivity index (χ0v) is 9.35. The second kappa shape index (κ2) is 10.9. The largest absolute Gasteiger partial charge is 0.328 e. The van der Waals surface area contributed by atoms with Crippen LogP contribution in [0.15, 0.2) is 0 Å². The van der Waals surface area contributed by atoms with Crippen molar-refractivity contribution in [2.75, 3.05) is 13.6 Å². The monoisotopic (exact) mass is 174 g/mol. The first-order chi connectivity index (χ1) is 5.70. The van der Waals surface area contributed by atoms with E-state index in [0.29, 0.717) is 6.04 Å². The molecule has 0 saturated heterocycles. The SMILES string of the molecule is CC.CC[C@@H](CNC)CC(C)N. The number of rotatable bonds is 5. The summed E-state index contributed by atoms with van der Waals surface area (Å²) >= 11 is 0. The molecule has 12 heavy (non-hydrogen) atoms. The van der Waals surface area contributed by atoms with Crippen LogP contribution in [0.1, 0.15) is 40.5 Å². The third kappa shape index (κ3) is 9.92. The fourth-order valence-corrected chi connectivity index (χ4v) is 1.21. The number of nitrogens with two attached hydrogens (primary N) is 1. The van der Waals surface area contributed by atoms with E-state index in [1.54, 1.807) is 0 Å². The van der Waals surface area contributed by atoms with E-state index in [2.05, 4.69) is 19.2 Å². The van der Waals surface area contributed by atoms with E-state index in [1.165, 1.54) is 6.42 Å². The Kier molecular flexibility index (Phi) is 13.1. The lowest BCUT2D eigenvalue weighted by molar-refractivity contribution is 0.418. The predicted molar refractivity (Wildman–Crippen MR) is 57.3 cm³/mol. The fraction of sp³-hybridized carbons (Fsp3) is 1.00. The van der Waals surface area contributed by atoms with E-state index in [-0.39, 0.29) is 0 Å². The van der Waals surface area contributed by atoms with Crippen LogP contribution >= 0.6 is 0 Å². The first-order valence-electron chi connectivity index (χ1n) is 5.10. The molecule has 2 nitrogen and oxygen atoms in total. The first kappa shape index (κ1) is 14.4. The average Bonchev–Trinajstić information content (AvgIpc) is 2.07. The molecule has 0 bridgehead atoms. The molecule has 3 N–H and O–H groups in total. The van der Waals surface area contributed by atoms with Gasteiger partial charge in [0.05, 0.1) is 0 Å². The Bertz CT molecular complexity index is 72.2. The summed E-state index contributed by atoms with van der Waals surface area (Å²) in [7, 11) is 1.99. The molecule has 76 valence electrons. The van der Waals surface area contributed by atoms with Gasteiger partial charge in [-0.25, -0.2) is 0 Å². The van der Waals surface area contributed by atoms with Crippen LogP contribution in [-0.4, -0.2) is 19.6 Å². The van der Waals surface area contributed by atoms with E-state index in [1.807, 2.05) is 20.9 Å². The first-order valence-corrected chi connectivity index (χ1v) is 5.10. The van der Waals surface area contributed by atoms with Crippen molar-refractivity contribution in [2.45, 2.75) is 46.6 Å². The van der Waals surface area contributed by atoms with Gasteiger partial charge >= 0.3 is 0 Å². The zero-order valence-electron chi connectivity index (χ0n) is 9.35. The van der Waals surface area contributed by atoms with Gasteiger partial charge in [-0.15, -0.1) is 0 Å². The quantitative estimate of drug-likeness (QED) is 0.669. The highest BCUT2D eigenvalue weighted by Gasteiger charge is 2.06. The summed E-state index contributed by atoms with van der Waals surface area (Å²) in [6, 6.07) is 0.346. The van der Waals surface area contributed by atoms with Crippen molar-refractivity contribution >= 4 is 0 Å². The Hall–Kier alpha value is -0.0800. The molecule has 0 radical (unpaired) electrons. The minimum absolute atomic E-state index is 0.346. The van der Waals surface area contributed by atoms with Crippen molar-refractivity contribution in [3.63, 3.8) is 0 Å². The van der Waals surface area contributed by atoms with Gasteiger partial charge in [-0.1, -0.05) is 27.2 Å². The molecule has 0 aromatic carbocycles. The van der Waals surface area contributed by atoms with Crippen molar-refractivity contribution in [1.82, 2.24) is 5.32 Å². The minimum atomic E-state index is 0.346. The second-order valence-corrected chi connectivity index (χ2v) is 3.04. The minimum Gasteiger partial charge on any atom is -0.328 e. The van der Waals surface area contributed by atoms with Gasteiger partial charge < -0.3 is 11.1 Å².